The quantitative estimate of drug-likeness (QED) is 0.122. The van der Waals surface area contributed by atoms with Crippen LogP contribution in [0, 0.1) is 0 Å². The first-order valence-electron chi connectivity index (χ1n) is 22.0. The summed E-state index contributed by atoms with van der Waals surface area (Å²) in [4.78, 5) is 4.83. The van der Waals surface area contributed by atoms with Gasteiger partial charge in [0.25, 0.3) is 0 Å². The van der Waals surface area contributed by atoms with Gasteiger partial charge in [-0.05, 0) is 113 Å². The minimum absolute atomic E-state index is 0.471. The monoisotopic (exact) mass is 802 g/mol. The Hall–Kier alpha value is -6.73. The molecule has 0 atom stereocenters. The fourth-order valence-electron chi connectivity index (χ4n) is 11.0. The van der Waals surface area contributed by atoms with E-state index in [4.69, 9.17) is 0 Å². The highest BCUT2D eigenvalue weighted by Gasteiger charge is 2.42. The van der Waals surface area contributed by atoms with Gasteiger partial charge in [-0.1, -0.05) is 172 Å². The lowest BCUT2D eigenvalue weighted by atomic mass is 9.91. The Bertz CT molecular complexity index is 3220. The van der Waals surface area contributed by atoms with Crippen molar-refractivity contribution in [3.63, 3.8) is 0 Å². The third kappa shape index (κ3) is 4.86. The van der Waals surface area contributed by atoms with Crippen LogP contribution in [0.15, 0.2) is 194 Å². The molecule has 0 saturated carbocycles. The van der Waals surface area contributed by atoms with Gasteiger partial charge in [-0.15, -0.1) is 0 Å². The van der Waals surface area contributed by atoms with E-state index in [-0.39, 0.29) is 0 Å². The largest absolute Gasteiger partial charge is 0.310 e. The molecule has 0 amide bonds. The Morgan fingerprint density at radius 1 is 0.350 bits per heavy atom. The minimum Gasteiger partial charge on any atom is -0.310 e. The summed E-state index contributed by atoms with van der Waals surface area (Å²) >= 11 is 0. The highest BCUT2D eigenvalue weighted by Crippen LogP contribution is 2.49. The van der Waals surface area contributed by atoms with Crippen molar-refractivity contribution >= 4 is 103 Å². The summed E-state index contributed by atoms with van der Waals surface area (Å²) in [6.07, 6.45) is 0. The zero-order valence-corrected chi connectivity index (χ0v) is 36.2. The van der Waals surface area contributed by atoms with E-state index in [1.807, 2.05) is 0 Å². The van der Waals surface area contributed by atoms with Crippen LogP contribution in [0.25, 0.3) is 54.6 Å². The predicted molar refractivity (Wildman–Crippen MR) is 264 cm³/mol. The van der Waals surface area contributed by atoms with Crippen LogP contribution in [0.3, 0.4) is 0 Å². The van der Waals surface area contributed by atoms with Crippen LogP contribution in [0.4, 0.5) is 34.1 Å². The summed E-state index contributed by atoms with van der Waals surface area (Å²) in [6, 6.07) is 66.6. The van der Waals surface area contributed by atoms with E-state index in [0.29, 0.717) is 12.1 Å². The molecule has 12 rings (SSSR count). The Morgan fingerprint density at radius 2 is 0.733 bits per heavy atom. The van der Waals surface area contributed by atoms with Gasteiger partial charge in [0.15, 0.2) is 0 Å². The highest BCUT2D eigenvalue weighted by molar-refractivity contribution is 7.05. The van der Waals surface area contributed by atoms with Crippen molar-refractivity contribution in [1.82, 2.24) is 0 Å². The van der Waals surface area contributed by atoms with Gasteiger partial charge < -0.3 is 9.80 Å². The number of anilines is 6. The van der Waals surface area contributed by atoms with Crippen molar-refractivity contribution < 1.29 is 2.74 Å². The maximum absolute atomic E-state index is 9.78. The molecule has 0 N–H and O–H groups in total. The van der Waals surface area contributed by atoms with E-state index in [9.17, 15) is 2.74 Å². The van der Waals surface area contributed by atoms with Gasteiger partial charge in [-0.25, -0.2) is 0 Å². The number of nitrogens with zero attached hydrogens (tertiary/aromatic N) is 2. The fraction of sp³-hybridized carbons (Fsp3) is 0.0714. The molecule has 286 valence electrons. The highest BCUT2D eigenvalue weighted by atomic mass is 28.3. The second kappa shape index (κ2) is 12.9. The van der Waals surface area contributed by atoms with Crippen LogP contribution in [0.2, 0.25) is 26.2 Å². The third-order valence-corrected chi connectivity index (χ3v) is 20.7. The summed E-state index contributed by atoms with van der Waals surface area (Å²) in [6.45, 7) is 9.91. The normalized spacial score (nSPS) is 14.7. The van der Waals surface area contributed by atoms with E-state index in [1.54, 1.807) is 0 Å². The molecule has 10 aromatic carbocycles. The van der Waals surface area contributed by atoms with Crippen molar-refractivity contribution in [3.8, 4) is 22.3 Å². The molecule has 2 aliphatic heterocycles. The van der Waals surface area contributed by atoms with Crippen molar-refractivity contribution in [1.29, 1.82) is 0 Å². The summed E-state index contributed by atoms with van der Waals surface area (Å²) in [5.41, 5.74) is 11.7. The van der Waals surface area contributed by atoms with Gasteiger partial charge >= 0.3 is 0 Å². The molecule has 0 saturated heterocycles. The van der Waals surface area contributed by atoms with Crippen molar-refractivity contribution in [2.45, 2.75) is 26.2 Å². The lowest BCUT2D eigenvalue weighted by Crippen LogP contribution is -2.50. The smallest absolute Gasteiger partial charge is 0.116 e. The zero-order valence-electron chi connectivity index (χ0n) is 36.2. The number of rotatable bonds is 6. The average molecular weight is 803 g/mol. The van der Waals surface area contributed by atoms with Crippen LogP contribution < -0.4 is 30.5 Å². The summed E-state index contributed by atoms with van der Waals surface area (Å²) in [5.74, 6) is 0. The van der Waals surface area contributed by atoms with Gasteiger partial charge in [-0.2, -0.15) is 0 Å². The topological polar surface area (TPSA) is 6.48 Å². The zero-order chi connectivity index (χ0) is 42.1. The lowest BCUT2D eigenvalue weighted by molar-refractivity contribution is 1.31. The first-order valence-corrected chi connectivity index (χ1v) is 27.0. The second-order valence-corrected chi connectivity index (χ2v) is 26.1. The predicted octanol–water partition coefficient (Wildman–Crippen LogP) is 13.1. The van der Waals surface area contributed by atoms with Crippen molar-refractivity contribution in [2.75, 3.05) is 9.80 Å². The van der Waals surface area contributed by atoms with E-state index in [0.717, 1.165) is 55.1 Å². The molecule has 0 radical (unpaired) electrons. The fourth-order valence-corrected chi connectivity index (χ4v) is 17.8. The molecule has 0 unspecified atom stereocenters. The minimum atomic E-state index is -2.15. The molecule has 0 aromatic heterocycles. The molecule has 2 nitrogen and oxygen atoms in total. The molecule has 2 heterocycles. The van der Waals surface area contributed by atoms with Gasteiger partial charge in [0.1, 0.15) is 16.1 Å². The molecule has 0 bridgehead atoms. The molecular weight excluding hydrogens is 757 g/mol. The molecule has 0 fully saturated rings. The Balaban J connectivity index is 1.15. The summed E-state index contributed by atoms with van der Waals surface area (Å²) < 4.78 is 19.6. The molecule has 10 aromatic rings. The van der Waals surface area contributed by atoms with Gasteiger partial charge in [0.05, 0.1) is 14.1 Å². The van der Waals surface area contributed by atoms with Crippen molar-refractivity contribution in [2.24, 2.45) is 0 Å². The first-order chi connectivity index (χ1) is 30.1. The van der Waals surface area contributed by atoms with Crippen molar-refractivity contribution in [3.05, 3.63) is 194 Å². The first kappa shape index (κ1) is 33.1. The van der Waals surface area contributed by atoms with Gasteiger partial charge in [-0.3, -0.25) is 0 Å². The van der Waals surface area contributed by atoms with E-state index < -0.39 is 16.1 Å². The molecule has 0 spiro atoms. The Kier molecular flexibility index (Phi) is 7.12. The third-order valence-electron chi connectivity index (χ3n) is 13.5. The average Bonchev–Trinajstić information content (AvgIpc) is 3.68. The van der Waals surface area contributed by atoms with Crippen LogP contribution in [-0.4, -0.2) is 16.1 Å². The van der Waals surface area contributed by atoms with Crippen LogP contribution in [0.1, 0.15) is 2.74 Å². The molecule has 4 heteroatoms. The number of hydrogen-bond donors (Lipinski definition) is 0. The van der Waals surface area contributed by atoms with E-state index in [1.165, 1.54) is 54.4 Å². The molecule has 0 aliphatic carbocycles. The van der Waals surface area contributed by atoms with Gasteiger partial charge in [0, 0.05) is 33.5 Å². The summed E-state index contributed by atoms with van der Waals surface area (Å²) in [7, 11) is -4.29. The maximum atomic E-state index is 9.78. The Morgan fingerprint density at radius 3 is 1.17 bits per heavy atom. The summed E-state index contributed by atoms with van der Waals surface area (Å²) in [5, 5.41) is 11.7. The van der Waals surface area contributed by atoms with Crippen LogP contribution in [0.5, 0.6) is 0 Å². The molecule has 60 heavy (non-hydrogen) atoms. The van der Waals surface area contributed by atoms with E-state index in [2.05, 4.69) is 218 Å². The Labute approximate surface area is 356 Å². The lowest BCUT2D eigenvalue weighted by Gasteiger charge is -2.33. The van der Waals surface area contributed by atoms with E-state index >= 15 is 0 Å². The number of fused-ring (bicyclic) bond motifs is 6. The molecular formula is C56H44N2Si2. The van der Waals surface area contributed by atoms with Crippen LogP contribution in [-0.2, 0) is 0 Å². The number of benzene rings is 10. The standard InChI is InChI=1S/C56H44N2Si2/c1-59(2)51-27-13-11-21-41(51)43-23-15-25-49(55(43)59)57(39-17-7-5-8-18-39)47-35-31-37-30-34-46-48(36-32-38-29-33-45(47)53(37)54(38)46)58(40-19-9-6-10-20-40)50-26-16-24-44-42-22-12-14-28-52(42)60(3,4)56(44)50/h5-36H,1-4H3/i31D,32D. The van der Waals surface area contributed by atoms with Crippen LogP contribution >= 0.6 is 0 Å². The maximum Gasteiger partial charge on any atom is 0.116 e. The second-order valence-electron chi connectivity index (χ2n) is 17.5. The van der Waals surface area contributed by atoms with Gasteiger partial charge in [0.2, 0.25) is 0 Å². The SMILES string of the molecule is [2H]c1cc(N(c2ccccc2)c2cccc3c2[Si](C)(C)c2ccccc2-3)c2ccc3c([2H])cc(N(c4ccccc4)c4cccc5c4[Si](C)(C)c4ccccc4-5)c4ccc1c2c34. The molecule has 2 aliphatic rings. The number of para-hydroxylation sites is 2. The number of hydrogen-bond acceptors (Lipinski definition) is 2.